The Morgan fingerprint density at radius 2 is 1.78 bits per heavy atom. The molecule has 1 aliphatic rings. The van der Waals surface area contributed by atoms with Gasteiger partial charge in [0.15, 0.2) is 6.29 Å². The predicted molar refractivity (Wildman–Crippen MR) is 57.6 cm³/mol. The molecule has 1 aliphatic heterocycles. The van der Waals surface area contributed by atoms with Gasteiger partial charge in [0.25, 0.3) is 0 Å². The number of hydrogen-bond acceptors (Lipinski definition) is 8. The third kappa shape index (κ3) is 3.59. The van der Waals surface area contributed by atoms with Gasteiger partial charge in [-0.25, -0.2) is 0 Å². The Morgan fingerprint density at radius 3 is 2.28 bits per heavy atom. The third-order valence-electron chi connectivity index (χ3n) is 2.73. The summed E-state index contributed by atoms with van der Waals surface area (Å²) in [6, 6.07) is 0. The Kier molecular flexibility index (Phi) is 6.39. The van der Waals surface area contributed by atoms with E-state index in [0.29, 0.717) is 0 Å². The fraction of sp³-hybridized carbons (Fsp3) is 1.00. The Morgan fingerprint density at radius 1 is 1.11 bits per heavy atom. The maximum atomic E-state index is 9.67. The second kappa shape index (κ2) is 7.31. The van der Waals surface area contributed by atoms with Crippen molar-refractivity contribution in [3.8, 4) is 0 Å². The van der Waals surface area contributed by atoms with Crippen molar-refractivity contribution in [2.75, 3.05) is 26.9 Å². The molecule has 0 amide bonds. The van der Waals surface area contributed by atoms with Crippen LogP contribution in [-0.2, 0) is 14.2 Å². The minimum absolute atomic E-state index is 0.0749. The van der Waals surface area contributed by atoms with Gasteiger partial charge in [-0.1, -0.05) is 0 Å². The molecule has 0 aromatic rings. The van der Waals surface area contributed by atoms with E-state index in [1.165, 1.54) is 7.11 Å². The van der Waals surface area contributed by atoms with E-state index in [-0.39, 0.29) is 13.2 Å². The van der Waals surface area contributed by atoms with Crippen LogP contribution < -0.4 is 0 Å². The lowest BCUT2D eigenvalue weighted by Gasteiger charge is -2.40. The van der Waals surface area contributed by atoms with Crippen LogP contribution in [0.5, 0.6) is 0 Å². The van der Waals surface area contributed by atoms with E-state index in [9.17, 15) is 15.3 Å². The fourth-order valence-corrected chi connectivity index (χ4v) is 1.69. The van der Waals surface area contributed by atoms with Gasteiger partial charge < -0.3 is 39.7 Å². The second-order valence-corrected chi connectivity index (χ2v) is 4.09. The standard InChI is InChI=1S/C10H20O8/c1-16-4-5(2-11)17-10-9(15)8(14)7(13)6(3-12)18-10/h5-15H,2-4H2,1H3. The van der Waals surface area contributed by atoms with E-state index >= 15 is 0 Å². The molecule has 0 spiro atoms. The molecular weight excluding hydrogens is 248 g/mol. The van der Waals surface area contributed by atoms with E-state index in [4.69, 9.17) is 24.4 Å². The Labute approximate surface area is 104 Å². The Hall–Kier alpha value is -0.320. The first-order valence-electron chi connectivity index (χ1n) is 5.60. The van der Waals surface area contributed by atoms with Crippen LogP contribution in [0.15, 0.2) is 0 Å². The largest absolute Gasteiger partial charge is 0.394 e. The van der Waals surface area contributed by atoms with Gasteiger partial charge >= 0.3 is 0 Å². The highest BCUT2D eigenvalue weighted by Crippen LogP contribution is 2.22. The molecule has 1 rings (SSSR count). The predicted octanol–water partition coefficient (Wildman–Crippen LogP) is -3.19. The molecule has 8 nitrogen and oxygen atoms in total. The molecule has 0 radical (unpaired) electrons. The molecule has 0 aliphatic carbocycles. The summed E-state index contributed by atoms with van der Waals surface area (Å²) in [6.45, 7) is -0.812. The molecule has 6 atom stereocenters. The van der Waals surface area contributed by atoms with Crippen molar-refractivity contribution in [2.24, 2.45) is 0 Å². The molecule has 8 heteroatoms. The first-order chi connectivity index (χ1) is 8.54. The first-order valence-corrected chi connectivity index (χ1v) is 5.60. The molecule has 0 saturated carbocycles. The van der Waals surface area contributed by atoms with Crippen LogP contribution in [0, 0.1) is 0 Å². The number of aliphatic hydroxyl groups excluding tert-OH is 5. The monoisotopic (exact) mass is 268 g/mol. The summed E-state index contributed by atoms with van der Waals surface area (Å²) in [6.07, 6.45) is -7.43. The molecule has 0 aromatic carbocycles. The van der Waals surface area contributed by atoms with Gasteiger partial charge in [0.05, 0.1) is 19.8 Å². The summed E-state index contributed by atoms with van der Waals surface area (Å²) >= 11 is 0. The van der Waals surface area contributed by atoms with Gasteiger partial charge in [0.2, 0.25) is 0 Å². The maximum absolute atomic E-state index is 9.67. The average molecular weight is 268 g/mol. The molecule has 108 valence electrons. The topological polar surface area (TPSA) is 129 Å². The molecule has 1 saturated heterocycles. The zero-order valence-corrected chi connectivity index (χ0v) is 10.0. The van der Waals surface area contributed by atoms with Crippen molar-refractivity contribution in [3.05, 3.63) is 0 Å². The van der Waals surface area contributed by atoms with Crippen molar-refractivity contribution in [1.29, 1.82) is 0 Å². The van der Waals surface area contributed by atoms with Crippen LogP contribution in [0.2, 0.25) is 0 Å². The molecule has 18 heavy (non-hydrogen) atoms. The van der Waals surface area contributed by atoms with Crippen LogP contribution in [0.1, 0.15) is 0 Å². The summed E-state index contributed by atoms with van der Waals surface area (Å²) in [4.78, 5) is 0. The van der Waals surface area contributed by atoms with Crippen molar-refractivity contribution in [1.82, 2.24) is 0 Å². The molecule has 5 N–H and O–H groups in total. The van der Waals surface area contributed by atoms with E-state index in [1.54, 1.807) is 0 Å². The number of rotatable bonds is 6. The summed E-state index contributed by atoms with van der Waals surface area (Å²) in [7, 11) is 1.42. The van der Waals surface area contributed by atoms with Gasteiger partial charge in [-0.15, -0.1) is 0 Å². The van der Waals surface area contributed by atoms with Crippen molar-refractivity contribution in [3.63, 3.8) is 0 Å². The minimum atomic E-state index is -1.50. The molecular formula is C10H20O8. The smallest absolute Gasteiger partial charge is 0.187 e. The lowest BCUT2D eigenvalue weighted by atomic mass is 9.99. The zero-order chi connectivity index (χ0) is 13.7. The summed E-state index contributed by atoms with van der Waals surface area (Å²) in [5, 5.41) is 46.7. The summed E-state index contributed by atoms with van der Waals surface area (Å²) in [5.41, 5.74) is 0. The molecule has 1 heterocycles. The van der Waals surface area contributed by atoms with Crippen LogP contribution in [0.3, 0.4) is 0 Å². The minimum Gasteiger partial charge on any atom is -0.394 e. The van der Waals surface area contributed by atoms with Gasteiger partial charge in [-0.05, 0) is 0 Å². The number of aliphatic hydroxyl groups is 5. The van der Waals surface area contributed by atoms with Crippen LogP contribution in [-0.4, -0.2) is 89.3 Å². The molecule has 6 unspecified atom stereocenters. The highest BCUT2D eigenvalue weighted by atomic mass is 16.7. The highest BCUT2D eigenvalue weighted by Gasteiger charge is 2.44. The van der Waals surface area contributed by atoms with E-state index in [1.807, 2.05) is 0 Å². The molecule has 1 fully saturated rings. The molecule has 0 bridgehead atoms. The lowest BCUT2D eigenvalue weighted by molar-refractivity contribution is -0.315. The van der Waals surface area contributed by atoms with Crippen molar-refractivity contribution >= 4 is 0 Å². The van der Waals surface area contributed by atoms with Crippen LogP contribution in [0.25, 0.3) is 0 Å². The third-order valence-corrected chi connectivity index (χ3v) is 2.73. The summed E-state index contributed by atoms with van der Waals surface area (Å²) in [5.74, 6) is 0. The highest BCUT2D eigenvalue weighted by molar-refractivity contribution is 4.89. The van der Waals surface area contributed by atoms with Crippen molar-refractivity contribution < 1.29 is 39.7 Å². The van der Waals surface area contributed by atoms with E-state index in [2.05, 4.69) is 0 Å². The number of hydrogen-bond donors (Lipinski definition) is 5. The van der Waals surface area contributed by atoms with Gasteiger partial charge in [0.1, 0.15) is 30.5 Å². The van der Waals surface area contributed by atoms with E-state index < -0.39 is 43.4 Å². The molecule has 0 aromatic heterocycles. The van der Waals surface area contributed by atoms with Gasteiger partial charge in [-0.3, -0.25) is 0 Å². The van der Waals surface area contributed by atoms with Gasteiger partial charge in [-0.2, -0.15) is 0 Å². The number of ether oxygens (including phenoxy) is 3. The first kappa shape index (κ1) is 15.7. The normalized spacial score (nSPS) is 38.7. The average Bonchev–Trinajstić information content (AvgIpc) is 2.38. The SMILES string of the molecule is COCC(CO)OC1OC(CO)C(O)C(O)C1O. The van der Waals surface area contributed by atoms with E-state index in [0.717, 1.165) is 0 Å². The number of methoxy groups -OCH3 is 1. The summed E-state index contributed by atoms with van der Waals surface area (Å²) < 4.78 is 15.1. The van der Waals surface area contributed by atoms with Crippen LogP contribution in [0.4, 0.5) is 0 Å². The second-order valence-electron chi connectivity index (χ2n) is 4.09. The van der Waals surface area contributed by atoms with Crippen LogP contribution >= 0.6 is 0 Å². The Balaban J connectivity index is 2.63. The zero-order valence-electron chi connectivity index (χ0n) is 10.0. The lowest BCUT2D eigenvalue weighted by Crippen LogP contribution is -2.60. The van der Waals surface area contributed by atoms with Crippen molar-refractivity contribution in [2.45, 2.75) is 36.8 Å². The van der Waals surface area contributed by atoms with Gasteiger partial charge in [0, 0.05) is 7.11 Å². The maximum Gasteiger partial charge on any atom is 0.187 e. The quantitative estimate of drug-likeness (QED) is 0.341. The Bertz CT molecular complexity index is 236. The fourth-order valence-electron chi connectivity index (χ4n) is 1.69.